The summed E-state index contributed by atoms with van der Waals surface area (Å²) in [6, 6.07) is 35.8. The van der Waals surface area contributed by atoms with Gasteiger partial charge in [-0.05, 0) is 35.9 Å². The smallest absolute Gasteiger partial charge is 0.211 e. The first-order valence-corrected chi connectivity index (χ1v) is 12.9. The Bertz CT molecular complexity index is 1630. The van der Waals surface area contributed by atoms with Crippen LogP contribution < -0.4 is 0 Å². The minimum atomic E-state index is -4.10. The van der Waals surface area contributed by atoms with Gasteiger partial charge < -0.3 is 0 Å². The monoisotopic (exact) mass is 490 g/mol. The zero-order valence-corrected chi connectivity index (χ0v) is 20.0. The summed E-state index contributed by atoms with van der Waals surface area (Å²) in [4.78, 5) is 13.5. The third-order valence-electron chi connectivity index (χ3n) is 5.67. The summed E-state index contributed by atoms with van der Waals surface area (Å²) >= 11 is 0. The number of ketones is 1. The van der Waals surface area contributed by atoms with Crippen LogP contribution >= 0.6 is 0 Å². The Morgan fingerprint density at radius 3 is 1.83 bits per heavy atom. The molecule has 4 aromatic carbocycles. The van der Waals surface area contributed by atoms with Crippen molar-refractivity contribution in [3.05, 3.63) is 139 Å². The summed E-state index contributed by atoms with van der Waals surface area (Å²) in [5.74, 6) is -0.500. The van der Waals surface area contributed by atoms with E-state index in [2.05, 4.69) is 5.10 Å². The van der Waals surface area contributed by atoms with Crippen LogP contribution in [0, 0.1) is 0 Å². The molecule has 0 fully saturated rings. The second kappa shape index (κ2) is 9.98. The molecule has 0 atom stereocenters. The quantitative estimate of drug-likeness (QED) is 0.199. The van der Waals surface area contributed by atoms with Crippen LogP contribution in [0.5, 0.6) is 0 Å². The molecule has 1 heterocycles. The molecule has 176 valence electrons. The SMILES string of the molecule is O=C(/C=C/c1ccccc1)c1nn(-c2ccccc2)c(-c2ccccc2)c1S(=O)(=O)c1ccccc1. The lowest BCUT2D eigenvalue weighted by atomic mass is 10.1. The van der Waals surface area contributed by atoms with Crippen molar-refractivity contribution in [3.8, 4) is 16.9 Å². The van der Waals surface area contributed by atoms with Crippen molar-refractivity contribution in [1.29, 1.82) is 0 Å². The van der Waals surface area contributed by atoms with E-state index in [0.29, 0.717) is 16.9 Å². The highest BCUT2D eigenvalue weighted by Gasteiger charge is 2.33. The summed E-state index contributed by atoms with van der Waals surface area (Å²) in [7, 11) is -4.10. The predicted octanol–water partition coefficient (Wildman–Crippen LogP) is 6.27. The standard InChI is InChI=1S/C30H22N2O3S/c33-27(22-21-23-13-5-1-6-14-23)28-30(36(34,35)26-19-11-4-12-20-26)29(24-15-7-2-8-16-24)32(31-28)25-17-9-3-10-18-25/h1-22H/b22-21+. The van der Waals surface area contributed by atoms with E-state index in [1.165, 1.54) is 22.9 Å². The van der Waals surface area contributed by atoms with Gasteiger partial charge in [0.05, 0.1) is 16.3 Å². The van der Waals surface area contributed by atoms with Gasteiger partial charge in [-0.25, -0.2) is 13.1 Å². The molecule has 0 saturated carbocycles. The molecule has 0 bridgehead atoms. The summed E-state index contributed by atoms with van der Waals surface area (Å²) in [6.45, 7) is 0. The predicted molar refractivity (Wildman–Crippen MR) is 141 cm³/mol. The molecular weight excluding hydrogens is 468 g/mol. The molecule has 0 amide bonds. The minimum Gasteiger partial charge on any atom is -0.287 e. The van der Waals surface area contributed by atoms with Gasteiger partial charge >= 0.3 is 0 Å². The molecule has 5 rings (SSSR count). The van der Waals surface area contributed by atoms with Crippen molar-refractivity contribution in [3.63, 3.8) is 0 Å². The van der Waals surface area contributed by atoms with Crippen LogP contribution in [0.1, 0.15) is 16.1 Å². The molecule has 0 aliphatic heterocycles. The fourth-order valence-electron chi connectivity index (χ4n) is 3.96. The van der Waals surface area contributed by atoms with E-state index >= 15 is 0 Å². The maximum absolute atomic E-state index is 14.0. The number of benzene rings is 4. The van der Waals surface area contributed by atoms with Crippen LogP contribution in [0.15, 0.2) is 137 Å². The third kappa shape index (κ3) is 4.54. The van der Waals surface area contributed by atoms with E-state index in [1.54, 1.807) is 24.3 Å². The molecule has 0 radical (unpaired) electrons. The molecule has 0 aliphatic carbocycles. The molecule has 0 saturated heterocycles. The highest BCUT2D eigenvalue weighted by atomic mass is 32.2. The highest BCUT2D eigenvalue weighted by Crippen LogP contribution is 2.36. The van der Waals surface area contributed by atoms with Gasteiger partial charge in [-0.2, -0.15) is 5.10 Å². The zero-order chi connectivity index (χ0) is 25.0. The number of sulfone groups is 1. The number of aromatic nitrogens is 2. The van der Waals surface area contributed by atoms with Crippen LogP contribution in [0.4, 0.5) is 0 Å². The number of carbonyl (C=O) groups is 1. The summed E-state index contributed by atoms with van der Waals surface area (Å²) < 4.78 is 29.6. The largest absolute Gasteiger partial charge is 0.287 e. The Balaban J connectivity index is 1.80. The molecule has 0 unspecified atom stereocenters. The lowest BCUT2D eigenvalue weighted by molar-refractivity contribution is 0.104. The number of rotatable bonds is 7. The van der Waals surface area contributed by atoms with Gasteiger partial charge in [-0.3, -0.25) is 4.79 Å². The van der Waals surface area contributed by atoms with Crippen LogP contribution in [-0.2, 0) is 9.84 Å². The minimum absolute atomic E-state index is 0.0934. The van der Waals surface area contributed by atoms with E-state index in [0.717, 1.165) is 5.56 Å². The van der Waals surface area contributed by atoms with Crippen molar-refractivity contribution in [2.24, 2.45) is 0 Å². The summed E-state index contributed by atoms with van der Waals surface area (Å²) in [6.07, 6.45) is 3.02. The lowest BCUT2D eigenvalue weighted by Gasteiger charge is -2.11. The summed E-state index contributed by atoms with van der Waals surface area (Å²) in [5, 5.41) is 4.60. The molecule has 5 nitrogen and oxygen atoms in total. The van der Waals surface area contributed by atoms with Gasteiger partial charge in [0.1, 0.15) is 4.90 Å². The first-order valence-electron chi connectivity index (χ1n) is 11.4. The van der Waals surface area contributed by atoms with Crippen molar-refractivity contribution in [1.82, 2.24) is 9.78 Å². The topological polar surface area (TPSA) is 69.0 Å². The molecule has 5 aromatic rings. The second-order valence-corrected chi connectivity index (χ2v) is 9.95. The van der Waals surface area contributed by atoms with Gasteiger partial charge in [-0.15, -0.1) is 0 Å². The van der Waals surface area contributed by atoms with E-state index in [4.69, 9.17) is 0 Å². The van der Waals surface area contributed by atoms with Crippen LogP contribution in [-0.4, -0.2) is 24.0 Å². The van der Waals surface area contributed by atoms with E-state index in [-0.39, 0.29) is 15.5 Å². The molecule has 36 heavy (non-hydrogen) atoms. The van der Waals surface area contributed by atoms with Crippen LogP contribution in [0.3, 0.4) is 0 Å². The zero-order valence-electron chi connectivity index (χ0n) is 19.2. The van der Waals surface area contributed by atoms with Crippen molar-refractivity contribution in [2.45, 2.75) is 9.79 Å². The van der Waals surface area contributed by atoms with Crippen molar-refractivity contribution < 1.29 is 13.2 Å². The second-order valence-electron chi connectivity index (χ2n) is 8.06. The first-order chi connectivity index (χ1) is 17.6. The first kappa shape index (κ1) is 23.2. The van der Waals surface area contributed by atoms with Gasteiger partial charge in [0.2, 0.25) is 15.6 Å². The Kier molecular flexibility index (Phi) is 6.43. The van der Waals surface area contributed by atoms with E-state index in [9.17, 15) is 13.2 Å². The van der Waals surface area contributed by atoms with Crippen LogP contribution in [0.2, 0.25) is 0 Å². The fraction of sp³-hybridized carbons (Fsp3) is 0. The molecular formula is C30H22N2O3S. The Hall–Kier alpha value is -4.55. The van der Waals surface area contributed by atoms with Crippen molar-refractivity contribution in [2.75, 3.05) is 0 Å². The molecule has 1 aromatic heterocycles. The number of hydrogen-bond donors (Lipinski definition) is 0. The number of para-hydroxylation sites is 1. The van der Waals surface area contributed by atoms with E-state index < -0.39 is 15.6 Å². The summed E-state index contributed by atoms with van der Waals surface area (Å²) in [5.41, 5.74) is 2.31. The van der Waals surface area contributed by atoms with E-state index in [1.807, 2.05) is 91.0 Å². The molecule has 0 N–H and O–H groups in total. The highest BCUT2D eigenvalue weighted by molar-refractivity contribution is 7.91. The average Bonchev–Trinajstić information content (AvgIpc) is 3.36. The molecule has 6 heteroatoms. The van der Waals surface area contributed by atoms with Gasteiger partial charge in [0.25, 0.3) is 0 Å². The normalized spacial score (nSPS) is 11.6. The molecule has 0 aliphatic rings. The number of nitrogens with zero attached hydrogens (tertiary/aromatic N) is 2. The lowest BCUT2D eigenvalue weighted by Crippen LogP contribution is -2.08. The third-order valence-corrected chi connectivity index (χ3v) is 7.49. The van der Waals surface area contributed by atoms with Crippen molar-refractivity contribution >= 4 is 21.7 Å². The number of hydrogen-bond acceptors (Lipinski definition) is 4. The number of allylic oxidation sites excluding steroid dienone is 1. The Morgan fingerprint density at radius 1 is 0.694 bits per heavy atom. The Morgan fingerprint density at radius 2 is 1.22 bits per heavy atom. The molecule has 0 spiro atoms. The Labute approximate surface area is 209 Å². The van der Waals surface area contributed by atoms with Gasteiger partial charge in [0.15, 0.2) is 5.69 Å². The van der Waals surface area contributed by atoms with Gasteiger partial charge in [-0.1, -0.05) is 103 Å². The number of carbonyl (C=O) groups excluding carboxylic acids is 1. The van der Waals surface area contributed by atoms with Crippen LogP contribution in [0.25, 0.3) is 23.0 Å². The average molecular weight is 491 g/mol. The maximum atomic E-state index is 14.0. The maximum Gasteiger partial charge on any atom is 0.211 e. The van der Waals surface area contributed by atoms with Gasteiger partial charge in [0, 0.05) is 5.56 Å². The fourth-order valence-corrected chi connectivity index (χ4v) is 5.56.